The molecule has 0 fully saturated rings. The van der Waals surface area contributed by atoms with E-state index in [9.17, 15) is 9.59 Å². The van der Waals surface area contributed by atoms with Crippen molar-refractivity contribution in [2.75, 3.05) is 26.1 Å². The van der Waals surface area contributed by atoms with Crippen LogP contribution < -0.4 is 19.8 Å². The molecule has 32 heavy (non-hydrogen) atoms. The third kappa shape index (κ3) is 3.69. The molecule has 8 nitrogen and oxygen atoms in total. The largest absolute Gasteiger partial charge is 0.466 e. The van der Waals surface area contributed by atoms with Crippen molar-refractivity contribution < 1.29 is 9.53 Å². The molecule has 1 aliphatic rings. The molecule has 3 heterocycles. The first-order valence-corrected chi connectivity index (χ1v) is 10.9. The van der Waals surface area contributed by atoms with Gasteiger partial charge in [0.05, 0.1) is 34.6 Å². The predicted octanol–water partition coefficient (Wildman–Crippen LogP) is 1.52. The average Bonchev–Trinajstić information content (AvgIpc) is 3.24. The maximum absolute atomic E-state index is 13.5. The molecular formula is C23H25N5O3S. The molecule has 0 bridgehead atoms. The summed E-state index contributed by atoms with van der Waals surface area (Å²) in [5.41, 5.74) is 4.25. The van der Waals surface area contributed by atoms with Gasteiger partial charge in [-0.15, -0.1) is 0 Å². The quantitative estimate of drug-likeness (QED) is 0.562. The van der Waals surface area contributed by atoms with E-state index in [-0.39, 0.29) is 5.56 Å². The van der Waals surface area contributed by atoms with Crippen molar-refractivity contribution >= 4 is 29.1 Å². The lowest BCUT2D eigenvalue weighted by Crippen LogP contribution is -2.39. The number of carbonyl (C=O) groups excluding carboxylic acids is 1. The van der Waals surface area contributed by atoms with Crippen LogP contribution in [0.4, 0.5) is 5.69 Å². The number of hydrogen-bond acceptors (Lipinski definition) is 7. The first kappa shape index (κ1) is 21.8. The third-order valence-corrected chi connectivity index (χ3v) is 6.47. The normalized spacial score (nSPS) is 16.1. The highest BCUT2D eigenvalue weighted by molar-refractivity contribution is 7.07. The van der Waals surface area contributed by atoms with Crippen LogP contribution in [-0.4, -0.2) is 41.5 Å². The number of anilines is 1. The van der Waals surface area contributed by atoms with E-state index >= 15 is 0 Å². The van der Waals surface area contributed by atoms with Gasteiger partial charge >= 0.3 is 5.97 Å². The molecular weight excluding hydrogens is 426 g/mol. The number of thiazole rings is 1. The number of aryl methyl sites for hydroxylation is 2. The molecule has 0 saturated carbocycles. The van der Waals surface area contributed by atoms with Gasteiger partial charge in [-0.3, -0.25) is 14.0 Å². The number of fused-ring (bicyclic) bond motifs is 1. The summed E-state index contributed by atoms with van der Waals surface area (Å²) in [6.07, 6.45) is 3.70. The molecule has 0 saturated heterocycles. The number of benzene rings is 1. The minimum atomic E-state index is -0.618. The number of hydrogen-bond donors (Lipinski definition) is 0. The molecule has 1 aliphatic heterocycles. The summed E-state index contributed by atoms with van der Waals surface area (Å²) in [6.45, 7) is 3.67. The molecule has 0 amide bonds. The minimum Gasteiger partial charge on any atom is -0.466 e. The van der Waals surface area contributed by atoms with E-state index in [1.54, 1.807) is 16.2 Å². The molecule has 1 unspecified atom stereocenters. The van der Waals surface area contributed by atoms with Gasteiger partial charge < -0.3 is 9.64 Å². The van der Waals surface area contributed by atoms with Crippen molar-refractivity contribution in [3.63, 3.8) is 0 Å². The molecule has 4 rings (SSSR count). The summed E-state index contributed by atoms with van der Waals surface area (Å²) in [5.74, 6) is -0.495. The van der Waals surface area contributed by atoms with Gasteiger partial charge in [-0.1, -0.05) is 23.5 Å². The highest BCUT2D eigenvalue weighted by Gasteiger charge is 2.33. The van der Waals surface area contributed by atoms with Crippen molar-refractivity contribution in [3.05, 3.63) is 78.2 Å². The molecule has 0 radical (unpaired) electrons. The van der Waals surface area contributed by atoms with Gasteiger partial charge in [-0.2, -0.15) is 5.10 Å². The van der Waals surface area contributed by atoms with Gasteiger partial charge in [0, 0.05) is 38.6 Å². The lowest BCUT2D eigenvalue weighted by atomic mass is 9.95. The van der Waals surface area contributed by atoms with E-state index in [2.05, 4.69) is 10.1 Å². The topological polar surface area (TPSA) is 81.7 Å². The van der Waals surface area contributed by atoms with Gasteiger partial charge in [0.1, 0.15) is 0 Å². The summed E-state index contributed by atoms with van der Waals surface area (Å²) >= 11 is 1.30. The molecule has 0 aliphatic carbocycles. The van der Waals surface area contributed by atoms with E-state index in [1.165, 1.54) is 18.4 Å². The van der Waals surface area contributed by atoms with Crippen molar-refractivity contribution in [2.45, 2.75) is 19.9 Å². The Morgan fingerprint density at radius 3 is 2.47 bits per heavy atom. The fourth-order valence-electron chi connectivity index (χ4n) is 3.86. The first-order valence-electron chi connectivity index (χ1n) is 10.1. The predicted molar refractivity (Wildman–Crippen MR) is 124 cm³/mol. The maximum atomic E-state index is 13.5. The first-order chi connectivity index (χ1) is 15.2. The zero-order valence-corrected chi connectivity index (χ0v) is 19.7. The molecule has 166 valence electrons. The van der Waals surface area contributed by atoms with Crippen LogP contribution in [0, 0.1) is 6.92 Å². The van der Waals surface area contributed by atoms with Crippen LogP contribution in [0.5, 0.6) is 0 Å². The van der Waals surface area contributed by atoms with E-state index in [0.29, 0.717) is 20.6 Å². The number of esters is 1. The molecule has 1 aromatic carbocycles. The summed E-state index contributed by atoms with van der Waals surface area (Å²) in [5, 5.41) is 4.35. The van der Waals surface area contributed by atoms with Gasteiger partial charge in [0.25, 0.3) is 5.56 Å². The van der Waals surface area contributed by atoms with E-state index < -0.39 is 12.0 Å². The summed E-state index contributed by atoms with van der Waals surface area (Å²) in [4.78, 5) is 33.4. The Balaban J connectivity index is 1.96. The fraction of sp³-hybridized carbons (Fsp3) is 0.304. The Hall–Kier alpha value is -3.46. The number of nitrogens with zero attached hydrogens (tertiary/aromatic N) is 5. The van der Waals surface area contributed by atoms with Crippen molar-refractivity contribution in [1.82, 2.24) is 14.3 Å². The Labute approximate surface area is 189 Å². The van der Waals surface area contributed by atoms with Crippen LogP contribution >= 0.6 is 11.3 Å². The van der Waals surface area contributed by atoms with Gasteiger partial charge in [-0.25, -0.2) is 9.79 Å². The summed E-state index contributed by atoms with van der Waals surface area (Å²) in [6, 6.07) is 7.18. The Bertz CT molecular complexity index is 1410. The summed E-state index contributed by atoms with van der Waals surface area (Å²) in [7, 11) is 7.10. The highest BCUT2D eigenvalue weighted by atomic mass is 32.1. The van der Waals surface area contributed by atoms with E-state index in [4.69, 9.17) is 4.74 Å². The SMILES string of the molecule is COC(=O)C1=C(C)N=c2s/c(=C\c3cn(C)nc3C)c(=O)n2C1c1ccc(N(C)C)cc1. The molecule has 9 heteroatoms. The van der Waals surface area contributed by atoms with Crippen LogP contribution in [0.25, 0.3) is 6.08 Å². The average molecular weight is 452 g/mol. The van der Waals surface area contributed by atoms with Crippen molar-refractivity contribution in [1.29, 1.82) is 0 Å². The Kier molecular flexibility index (Phi) is 5.60. The number of allylic oxidation sites excluding steroid dienone is 1. The van der Waals surface area contributed by atoms with Crippen LogP contribution in [0.2, 0.25) is 0 Å². The minimum absolute atomic E-state index is 0.201. The standard InChI is InChI=1S/C23H25N5O3S/c1-13-16(12-27(5)25-13)11-18-21(29)28-20(15-7-9-17(10-8-15)26(3)4)19(22(30)31-6)14(2)24-23(28)32-18/h7-12,20H,1-6H3/b18-11-. The van der Waals surface area contributed by atoms with E-state index in [1.807, 2.05) is 69.5 Å². The number of methoxy groups -OCH3 is 1. The molecule has 0 N–H and O–H groups in total. The second kappa shape index (κ2) is 8.23. The third-order valence-electron chi connectivity index (χ3n) is 5.49. The lowest BCUT2D eigenvalue weighted by Gasteiger charge is -2.25. The van der Waals surface area contributed by atoms with Gasteiger partial charge in [0.2, 0.25) is 0 Å². The maximum Gasteiger partial charge on any atom is 0.338 e. The molecule has 0 spiro atoms. The molecule has 1 atom stereocenters. The second-order valence-corrected chi connectivity index (χ2v) is 8.91. The fourth-order valence-corrected chi connectivity index (χ4v) is 4.90. The number of rotatable bonds is 4. The van der Waals surface area contributed by atoms with E-state index in [0.717, 1.165) is 22.5 Å². The van der Waals surface area contributed by atoms with Crippen LogP contribution in [-0.2, 0) is 16.6 Å². The van der Waals surface area contributed by atoms with Crippen LogP contribution in [0.1, 0.15) is 29.8 Å². The van der Waals surface area contributed by atoms with Gasteiger partial charge in [0.15, 0.2) is 4.80 Å². The number of carbonyl (C=O) groups is 1. The second-order valence-electron chi connectivity index (χ2n) is 7.90. The number of aromatic nitrogens is 3. The van der Waals surface area contributed by atoms with Crippen LogP contribution in [0.3, 0.4) is 0 Å². The molecule has 2 aromatic heterocycles. The monoisotopic (exact) mass is 451 g/mol. The van der Waals surface area contributed by atoms with Crippen molar-refractivity contribution in [2.24, 2.45) is 12.0 Å². The van der Waals surface area contributed by atoms with Gasteiger partial charge in [-0.05, 0) is 37.6 Å². The lowest BCUT2D eigenvalue weighted by molar-refractivity contribution is -0.136. The number of ether oxygens (including phenoxy) is 1. The summed E-state index contributed by atoms with van der Waals surface area (Å²) < 4.78 is 8.89. The Morgan fingerprint density at radius 2 is 1.91 bits per heavy atom. The molecule has 3 aromatic rings. The van der Waals surface area contributed by atoms with Crippen molar-refractivity contribution in [3.8, 4) is 0 Å². The Morgan fingerprint density at radius 1 is 1.22 bits per heavy atom. The highest BCUT2D eigenvalue weighted by Crippen LogP contribution is 2.31. The smallest absolute Gasteiger partial charge is 0.338 e. The zero-order chi connectivity index (χ0) is 23.2. The zero-order valence-electron chi connectivity index (χ0n) is 18.9. The van der Waals surface area contributed by atoms with Crippen LogP contribution in [0.15, 0.2) is 51.5 Å².